The number of carbonyl (C=O) groups is 2. The number of aromatic nitrogens is 2. The van der Waals surface area contributed by atoms with Crippen LogP contribution in [0.2, 0.25) is 0 Å². The number of carboxylic acid groups (broad SMARTS) is 1. The molecule has 0 aliphatic rings. The van der Waals surface area contributed by atoms with Crippen molar-refractivity contribution in [3.05, 3.63) is 109 Å². The Morgan fingerprint density at radius 1 is 0.971 bits per heavy atom. The number of halogens is 1. The predicted molar refractivity (Wildman–Crippen MR) is 135 cm³/mol. The number of nitrogens with zero attached hydrogens (tertiary/aromatic N) is 2. The Balaban J connectivity index is 0.000000261. The number of hydrogen-bond acceptors (Lipinski definition) is 5. The van der Waals surface area contributed by atoms with E-state index in [2.05, 4.69) is 15.9 Å². The van der Waals surface area contributed by atoms with Crippen LogP contribution in [-0.2, 0) is 13.6 Å². The molecule has 0 bridgehead atoms. The van der Waals surface area contributed by atoms with E-state index in [0.717, 1.165) is 20.4 Å². The third kappa shape index (κ3) is 5.85. The van der Waals surface area contributed by atoms with Crippen LogP contribution in [0.15, 0.2) is 80.8 Å². The molecule has 4 rings (SSSR count). The van der Waals surface area contributed by atoms with Gasteiger partial charge in [0.25, 0.3) is 5.56 Å². The number of amides is 1. The Labute approximate surface area is 208 Å². The molecule has 0 unspecified atom stereocenters. The normalized spacial score (nSPS) is 10.4. The second-order valence-corrected chi connectivity index (χ2v) is 8.40. The van der Waals surface area contributed by atoms with Crippen molar-refractivity contribution in [1.82, 2.24) is 9.13 Å². The van der Waals surface area contributed by atoms with Crippen LogP contribution < -0.4 is 21.7 Å². The van der Waals surface area contributed by atoms with Crippen molar-refractivity contribution in [3.63, 3.8) is 0 Å². The number of carbonyl (C=O) groups excluding carboxylic acids is 1. The average molecular weight is 540 g/mol. The third-order valence-electron chi connectivity index (χ3n) is 5.23. The van der Waals surface area contributed by atoms with Crippen molar-refractivity contribution >= 4 is 38.7 Å². The van der Waals surface area contributed by atoms with Gasteiger partial charge in [-0.15, -0.1) is 0 Å². The number of fused-ring (bicyclic) bond motifs is 1. The van der Waals surface area contributed by atoms with Gasteiger partial charge in [-0.1, -0.05) is 28.1 Å². The van der Waals surface area contributed by atoms with E-state index in [9.17, 15) is 19.2 Å². The zero-order valence-electron chi connectivity index (χ0n) is 18.9. The van der Waals surface area contributed by atoms with Gasteiger partial charge in [0.05, 0.1) is 30.1 Å². The van der Waals surface area contributed by atoms with Crippen LogP contribution in [0.25, 0.3) is 10.9 Å². The molecule has 0 spiro atoms. The molecule has 1 amide bonds. The molecule has 0 radical (unpaired) electrons. The smallest absolute Gasteiger partial charge is 0.335 e. The molecule has 0 atom stereocenters. The first kappa shape index (κ1) is 25.4. The Morgan fingerprint density at radius 2 is 1.57 bits per heavy atom. The first-order valence-corrected chi connectivity index (χ1v) is 11.1. The lowest BCUT2D eigenvalue weighted by molar-refractivity contribution is 0.0696. The fourth-order valence-electron chi connectivity index (χ4n) is 3.32. The summed E-state index contributed by atoms with van der Waals surface area (Å²) in [6, 6.07) is 18.1. The first-order valence-electron chi connectivity index (χ1n) is 10.3. The molecule has 1 aromatic heterocycles. The van der Waals surface area contributed by atoms with Crippen molar-refractivity contribution < 1.29 is 19.4 Å². The molecule has 9 nitrogen and oxygen atoms in total. The van der Waals surface area contributed by atoms with Gasteiger partial charge in [0.15, 0.2) is 0 Å². The van der Waals surface area contributed by atoms with Crippen molar-refractivity contribution in [3.8, 4) is 5.75 Å². The van der Waals surface area contributed by atoms with Crippen LogP contribution in [-0.4, -0.2) is 33.2 Å². The van der Waals surface area contributed by atoms with Crippen LogP contribution in [0.5, 0.6) is 5.75 Å². The summed E-state index contributed by atoms with van der Waals surface area (Å²) in [5, 5.41) is 9.31. The lowest BCUT2D eigenvalue weighted by atomic mass is 10.1. The number of rotatable bonds is 5. The minimum atomic E-state index is -1.12. The first-order chi connectivity index (χ1) is 16.6. The summed E-state index contributed by atoms with van der Waals surface area (Å²) in [5.74, 6) is -0.827. The number of aromatic carboxylic acids is 1. The Hall–Kier alpha value is -4.18. The van der Waals surface area contributed by atoms with Gasteiger partial charge in [0.1, 0.15) is 5.75 Å². The molecule has 0 saturated carbocycles. The van der Waals surface area contributed by atoms with Gasteiger partial charge < -0.3 is 15.6 Å². The molecule has 3 aromatic carbocycles. The predicted octanol–water partition coefficient (Wildman–Crippen LogP) is 3.00. The zero-order chi connectivity index (χ0) is 25.7. The van der Waals surface area contributed by atoms with Crippen LogP contribution in [0.3, 0.4) is 0 Å². The lowest BCUT2D eigenvalue weighted by Gasteiger charge is -2.11. The summed E-state index contributed by atoms with van der Waals surface area (Å²) in [6.07, 6.45) is 0. The average Bonchev–Trinajstić information content (AvgIpc) is 2.86. The van der Waals surface area contributed by atoms with Crippen molar-refractivity contribution in [1.29, 1.82) is 0 Å². The van der Waals surface area contributed by atoms with Gasteiger partial charge in [0, 0.05) is 17.1 Å². The molecule has 0 aliphatic heterocycles. The third-order valence-corrected chi connectivity index (χ3v) is 5.76. The Bertz CT molecular complexity index is 1510. The molecule has 35 heavy (non-hydrogen) atoms. The van der Waals surface area contributed by atoms with Gasteiger partial charge in [-0.3, -0.25) is 18.7 Å². The van der Waals surface area contributed by atoms with E-state index in [-0.39, 0.29) is 17.5 Å². The highest BCUT2D eigenvalue weighted by molar-refractivity contribution is 9.10. The molecular formula is C25H22BrN3O6. The summed E-state index contributed by atoms with van der Waals surface area (Å²) in [4.78, 5) is 46.9. The summed E-state index contributed by atoms with van der Waals surface area (Å²) in [6.45, 7) is 0.117. The van der Waals surface area contributed by atoms with E-state index < -0.39 is 23.1 Å². The Kier molecular flexibility index (Phi) is 7.87. The molecule has 0 saturated heterocycles. The fourth-order valence-corrected chi connectivity index (χ4v) is 3.58. The second-order valence-electron chi connectivity index (χ2n) is 7.49. The quantitative estimate of drug-likeness (QED) is 0.400. The summed E-state index contributed by atoms with van der Waals surface area (Å²) < 4.78 is 8.25. The number of hydrogen-bond donors (Lipinski definition) is 2. The summed E-state index contributed by atoms with van der Waals surface area (Å²) >= 11 is 3.34. The van der Waals surface area contributed by atoms with Gasteiger partial charge in [0.2, 0.25) is 5.91 Å². The van der Waals surface area contributed by atoms with Crippen LogP contribution >= 0.6 is 15.9 Å². The number of benzene rings is 3. The van der Waals surface area contributed by atoms with E-state index >= 15 is 0 Å². The Morgan fingerprint density at radius 3 is 2.11 bits per heavy atom. The monoisotopic (exact) mass is 539 g/mol. The topological polar surface area (TPSA) is 134 Å². The molecule has 10 heteroatoms. The van der Waals surface area contributed by atoms with Crippen LogP contribution in [0, 0.1) is 0 Å². The van der Waals surface area contributed by atoms with Crippen molar-refractivity contribution in [2.75, 3.05) is 7.11 Å². The molecular weight excluding hydrogens is 518 g/mol. The van der Waals surface area contributed by atoms with Crippen molar-refractivity contribution in [2.24, 2.45) is 12.8 Å². The zero-order valence-corrected chi connectivity index (χ0v) is 20.5. The lowest BCUT2D eigenvalue weighted by Crippen LogP contribution is -2.39. The molecule has 1 heterocycles. The molecule has 0 aliphatic carbocycles. The largest absolute Gasteiger partial charge is 0.497 e. The minimum absolute atomic E-state index is 0.00782. The highest BCUT2D eigenvalue weighted by Crippen LogP contribution is 2.13. The van der Waals surface area contributed by atoms with E-state index in [1.807, 2.05) is 24.3 Å². The van der Waals surface area contributed by atoms with E-state index in [4.69, 9.17) is 15.6 Å². The maximum Gasteiger partial charge on any atom is 0.335 e. The highest BCUT2D eigenvalue weighted by atomic mass is 79.9. The van der Waals surface area contributed by atoms with E-state index in [0.29, 0.717) is 11.1 Å². The fraction of sp³-hybridized carbons (Fsp3) is 0.120. The SMILES string of the molecule is COc1ccc(C(N)=O)cc1.Cn1c(=O)n(Cc2ccc(Br)cc2)c(=O)c2cc(C(=O)O)ccc21. The second kappa shape index (κ2) is 10.8. The van der Waals surface area contributed by atoms with Gasteiger partial charge >= 0.3 is 11.7 Å². The maximum absolute atomic E-state index is 12.7. The van der Waals surface area contributed by atoms with Gasteiger partial charge in [-0.2, -0.15) is 0 Å². The highest BCUT2D eigenvalue weighted by Gasteiger charge is 2.13. The number of primary amides is 1. The van der Waals surface area contributed by atoms with Crippen LogP contribution in [0.1, 0.15) is 26.3 Å². The molecule has 3 N–H and O–H groups in total. The van der Waals surface area contributed by atoms with E-state index in [1.165, 1.54) is 22.8 Å². The van der Waals surface area contributed by atoms with Gasteiger partial charge in [-0.25, -0.2) is 9.59 Å². The summed E-state index contributed by atoms with van der Waals surface area (Å²) in [7, 11) is 3.13. The number of ether oxygens (including phenoxy) is 1. The summed E-state index contributed by atoms with van der Waals surface area (Å²) in [5.41, 5.74) is 5.78. The van der Waals surface area contributed by atoms with Gasteiger partial charge in [-0.05, 0) is 60.2 Å². The molecule has 0 fully saturated rings. The number of carboxylic acids is 1. The van der Waals surface area contributed by atoms with Crippen LogP contribution in [0.4, 0.5) is 0 Å². The number of methoxy groups -OCH3 is 1. The number of aryl methyl sites for hydroxylation is 1. The standard InChI is InChI=1S/C17H13BrN2O4.C8H9NO2/c1-19-14-7-4-11(16(22)23)8-13(14)15(21)20(17(19)24)9-10-2-5-12(18)6-3-10;1-11-7-4-2-6(3-5-7)8(9)10/h2-8H,9H2,1H3,(H,22,23);2-5H,1H3,(H2,9,10). The molecule has 180 valence electrons. The van der Waals surface area contributed by atoms with Crippen molar-refractivity contribution in [2.45, 2.75) is 6.54 Å². The molecule has 4 aromatic rings. The number of nitrogens with two attached hydrogens (primary N) is 1. The minimum Gasteiger partial charge on any atom is -0.497 e. The maximum atomic E-state index is 12.7. The van der Waals surface area contributed by atoms with E-state index in [1.54, 1.807) is 38.4 Å².